The van der Waals surface area contributed by atoms with E-state index in [2.05, 4.69) is 15.3 Å². The highest BCUT2D eigenvalue weighted by Crippen LogP contribution is 2.42. The van der Waals surface area contributed by atoms with E-state index in [9.17, 15) is 9.59 Å². The molecule has 0 unspecified atom stereocenters. The Morgan fingerprint density at radius 2 is 1.71 bits per heavy atom. The Bertz CT molecular complexity index is 1680. The van der Waals surface area contributed by atoms with E-state index in [1.165, 1.54) is 7.11 Å². The van der Waals surface area contributed by atoms with Crippen LogP contribution in [0.3, 0.4) is 0 Å². The number of rotatable bonds is 6. The van der Waals surface area contributed by atoms with E-state index in [-0.39, 0.29) is 12.4 Å². The lowest BCUT2D eigenvalue weighted by molar-refractivity contribution is 0.0972. The first-order valence-corrected chi connectivity index (χ1v) is 14.4. The first-order valence-electron chi connectivity index (χ1n) is 13.6. The molecule has 9 heteroatoms. The second-order valence-electron chi connectivity index (χ2n) is 11.2. The summed E-state index contributed by atoms with van der Waals surface area (Å²) in [6.45, 7) is 5.62. The Hall–Kier alpha value is -3.94. The molecule has 1 aliphatic carbocycles. The van der Waals surface area contributed by atoms with Crippen molar-refractivity contribution in [1.29, 1.82) is 0 Å². The minimum absolute atomic E-state index is 0.00159. The highest BCUT2D eigenvalue weighted by Gasteiger charge is 2.21. The van der Waals surface area contributed by atoms with Crippen LogP contribution in [0.15, 0.2) is 60.8 Å². The van der Waals surface area contributed by atoms with Crippen molar-refractivity contribution in [3.63, 3.8) is 0 Å². The van der Waals surface area contributed by atoms with Crippen molar-refractivity contribution in [1.82, 2.24) is 15.3 Å². The number of halogens is 2. The molecule has 216 valence electrons. The van der Waals surface area contributed by atoms with Gasteiger partial charge in [0.25, 0.3) is 0 Å². The van der Waals surface area contributed by atoms with Gasteiger partial charge in [0.15, 0.2) is 5.78 Å². The Kier molecular flexibility index (Phi) is 8.53. The van der Waals surface area contributed by atoms with Gasteiger partial charge >= 0.3 is 6.09 Å². The number of hydrogen-bond donors (Lipinski definition) is 1. The van der Waals surface area contributed by atoms with Crippen molar-refractivity contribution >= 4 is 35.1 Å². The highest BCUT2D eigenvalue weighted by atomic mass is 35.5. The van der Waals surface area contributed by atoms with E-state index in [0.717, 1.165) is 40.7 Å². The van der Waals surface area contributed by atoms with E-state index in [4.69, 9.17) is 32.7 Å². The molecule has 2 aromatic heterocycles. The van der Waals surface area contributed by atoms with Gasteiger partial charge in [-0.05, 0) is 63.4 Å². The number of ether oxygens (including phenoxy) is 2. The molecule has 1 N–H and O–H groups in total. The number of ketones is 1. The van der Waals surface area contributed by atoms with Crippen LogP contribution in [0, 0.1) is 0 Å². The molecule has 0 radical (unpaired) electrons. The van der Waals surface area contributed by atoms with Crippen molar-refractivity contribution in [2.24, 2.45) is 0 Å². The number of carbonyl (C=O) groups is 2. The molecule has 1 amide bonds. The maximum atomic E-state index is 12.3. The number of benzene rings is 2. The Balaban J connectivity index is 1.45. The van der Waals surface area contributed by atoms with Crippen LogP contribution in [0.1, 0.15) is 55.1 Å². The van der Waals surface area contributed by atoms with Gasteiger partial charge in [-0.1, -0.05) is 53.5 Å². The van der Waals surface area contributed by atoms with Gasteiger partial charge < -0.3 is 14.8 Å². The van der Waals surface area contributed by atoms with Crippen LogP contribution in [-0.4, -0.2) is 34.5 Å². The van der Waals surface area contributed by atoms with Crippen LogP contribution in [0.25, 0.3) is 33.6 Å². The lowest BCUT2D eigenvalue weighted by Crippen LogP contribution is -2.40. The quantitative estimate of drug-likeness (QED) is 0.238. The number of Topliss-reactive ketones (excluding diaryl/α,β-unsaturated/α-hetero) is 1. The summed E-state index contributed by atoms with van der Waals surface area (Å²) in [5.41, 5.74) is 6.21. The molecule has 2 heterocycles. The number of aromatic nitrogens is 2. The molecule has 0 spiro atoms. The summed E-state index contributed by atoms with van der Waals surface area (Å²) in [6.07, 6.45) is 3.46. The monoisotopic (exact) mass is 603 g/mol. The Labute approximate surface area is 255 Å². The van der Waals surface area contributed by atoms with Crippen LogP contribution >= 0.6 is 23.2 Å². The van der Waals surface area contributed by atoms with Crippen LogP contribution in [0.4, 0.5) is 4.79 Å². The minimum atomic E-state index is -0.526. The first-order chi connectivity index (χ1) is 20.1. The van der Waals surface area contributed by atoms with Gasteiger partial charge in [-0.3, -0.25) is 9.78 Å². The molecule has 0 saturated carbocycles. The van der Waals surface area contributed by atoms with Crippen molar-refractivity contribution in [2.75, 3.05) is 7.11 Å². The number of methoxy groups -OCH3 is 1. The molecule has 7 nitrogen and oxygen atoms in total. The lowest BCUT2D eigenvalue weighted by atomic mass is 9.88. The number of hydrogen-bond acceptors (Lipinski definition) is 6. The average Bonchev–Trinajstić information content (AvgIpc) is 2.95. The van der Waals surface area contributed by atoms with Gasteiger partial charge in [0.2, 0.25) is 5.88 Å². The van der Waals surface area contributed by atoms with Crippen LogP contribution in [0.5, 0.6) is 5.88 Å². The molecule has 0 saturated heterocycles. The summed E-state index contributed by atoms with van der Waals surface area (Å²) < 4.78 is 10.9. The van der Waals surface area contributed by atoms with Crippen molar-refractivity contribution in [3.05, 3.63) is 87.5 Å². The molecule has 5 rings (SSSR count). The number of fused-ring (bicyclic) bond motifs is 1. The summed E-state index contributed by atoms with van der Waals surface area (Å²) in [6, 6.07) is 16.9. The predicted molar refractivity (Wildman–Crippen MR) is 165 cm³/mol. The molecular formula is C33H31Cl2N3O4. The lowest BCUT2D eigenvalue weighted by Gasteiger charge is -2.20. The minimum Gasteiger partial charge on any atom is -0.481 e. The number of pyridine rings is 2. The van der Waals surface area contributed by atoms with E-state index in [1.54, 1.807) is 12.3 Å². The SMILES string of the molecule is COc1nc(-c2cccc(-c3ccnc(-c4ccc5c(c4)CCCC5=O)c3Cl)c2Cl)ccc1COC(=O)NC(C)(C)C. The molecule has 42 heavy (non-hydrogen) atoms. The van der Waals surface area contributed by atoms with Crippen molar-refractivity contribution < 1.29 is 19.1 Å². The van der Waals surface area contributed by atoms with Gasteiger partial charge in [-0.15, -0.1) is 0 Å². The predicted octanol–water partition coefficient (Wildman–Crippen LogP) is 8.34. The van der Waals surface area contributed by atoms with E-state index in [1.807, 2.05) is 69.3 Å². The molecule has 0 bridgehead atoms. The fraction of sp³-hybridized carbons (Fsp3) is 0.273. The third-order valence-corrected chi connectivity index (χ3v) is 7.74. The Morgan fingerprint density at radius 3 is 2.48 bits per heavy atom. The third-order valence-electron chi connectivity index (χ3n) is 6.95. The smallest absolute Gasteiger partial charge is 0.407 e. The maximum Gasteiger partial charge on any atom is 0.407 e. The summed E-state index contributed by atoms with van der Waals surface area (Å²) >= 11 is 13.9. The zero-order valence-electron chi connectivity index (χ0n) is 23.9. The summed E-state index contributed by atoms with van der Waals surface area (Å²) in [4.78, 5) is 33.6. The van der Waals surface area contributed by atoms with Crippen molar-refractivity contribution in [2.45, 2.75) is 52.2 Å². The molecular weight excluding hydrogens is 573 g/mol. The largest absolute Gasteiger partial charge is 0.481 e. The molecule has 1 aliphatic rings. The van der Waals surface area contributed by atoms with E-state index < -0.39 is 11.6 Å². The summed E-state index contributed by atoms with van der Waals surface area (Å²) in [5.74, 6) is 0.503. The van der Waals surface area contributed by atoms with Gasteiger partial charge in [-0.2, -0.15) is 0 Å². The normalized spacial score (nSPS) is 13.0. The van der Waals surface area contributed by atoms with Crippen LogP contribution < -0.4 is 10.1 Å². The summed E-state index contributed by atoms with van der Waals surface area (Å²) in [5, 5.41) is 3.69. The average molecular weight is 605 g/mol. The topological polar surface area (TPSA) is 90.4 Å². The third kappa shape index (κ3) is 6.27. The number of amides is 1. The number of nitrogens with one attached hydrogen (secondary N) is 1. The molecule has 0 aliphatic heterocycles. The van der Waals surface area contributed by atoms with Crippen LogP contribution in [0.2, 0.25) is 10.0 Å². The second kappa shape index (κ2) is 12.1. The van der Waals surface area contributed by atoms with Gasteiger partial charge in [0.05, 0.1) is 34.1 Å². The number of alkyl carbamates (subject to hydrolysis) is 1. The molecule has 0 fully saturated rings. The maximum absolute atomic E-state index is 12.3. The zero-order chi connectivity index (χ0) is 30.0. The fourth-order valence-electron chi connectivity index (χ4n) is 4.98. The van der Waals surface area contributed by atoms with Crippen molar-refractivity contribution in [3.8, 4) is 39.5 Å². The second-order valence-corrected chi connectivity index (χ2v) is 11.9. The number of nitrogens with zero attached hydrogens (tertiary/aromatic N) is 2. The van der Waals surface area contributed by atoms with Gasteiger partial charge in [0, 0.05) is 46.0 Å². The van der Waals surface area contributed by atoms with E-state index in [0.29, 0.717) is 44.9 Å². The summed E-state index contributed by atoms with van der Waals surface area (Å²) in [7, 11) is 1.51. The van der Waals surface area contributed by atoms with Gasteiger partial charge in [0.1, 0.15) is 6.61 Å². The van der Waals surface area contributed by atoms with Crippen LogP contribution in [-0.2, 0) is 17.8 Å². The molecule has 4 aromatic rings. The number of carbonyl (C=O) groups excluding carboxylic acids is 2. The molecule has 2 aromatic carbocycles. The standard InChI is InChI=1S/C33H31Cl2N3O4/c1-33(2,3)38-32(40)42-18-21-12-14-26(37-31(21)41-4)25-9-6-8-23(28(25)34)24-15-16-36-30(29(24)35)20-11-13-22-19(17-20)7-5-10-27(22)39/h6,8-9,11-17H,5,7,10,18H2,1-4H3,(H,38,40). The Morgan fingerprint density at radius 1 is 0.952 bits per heavy atom. The zero-order valence-corrected chi connectivity index (χ0v) is 25.4. The molecule has 0 atom stereocenters. The van der Waals surface area contributed by atoms with E-state index >= 15 is 0 Å². The number of aryl methyl sites for hydroxylation is 1. The van der Waals surface area contributed by atoms with Gasteiger partial charge in [-0.25, -0.2) is 9.78 Å². The fourth-order valence-corrected chi connectivity index (χ4v) is 5.62. The first kappa shape index (κ1) is 29.5. The highest BCUT2D eigenvalue weighted by molar-refractivity contribution is 6.39.